The molecule has 4 rings (SSSR count). The summed E-state index contributed by atoms with van der Waals surface area (Å²) in [6.07, 6.45) is 1.50. The molecule has 0 saturated carbocycles. The van der Waals surface area contributed by atoms with E-state index in [0.29, 0.717) is 49.1 Å². The van der Waals surface area contributed by atoms with Gasteiger partial charge in [0.15, 0.2) is 10.9 Å². The van der Waals surface area contributed by atoms with Gasteiger partial charge in [-0.3, -0.25) is 14.9 Å². The van der Waals surface area contributed by atoms with Gasteiger partial charge in [0.25, 0.3) is 11.8 Å². The lowest BCUT2D eigenvalue weighted by Gasteiger charge is -2.36. The summed E-state index contributed by atoms with van der Waals surface area (Å²) in [5.41, 5.74) is 1.87. The first-order valence-corrected chi connectivity index (χ1v) is 12.0. The van der Waals surface area contributed by atoms with Crippen LogP contribution >= 0.6 is 24.8 Å². The molecule has 9 nitrogen and oxygen atoms in total. The summed E-state index contributed by atoms with van der Waals surface area (Å²) in [5.74, 6) is 0.546. The number of benzene rings is 2. The van der Waals surface area contributed by atoms with Crippen LogP contribution in [0.2, 0.25) is 0 Å². The SMILES string of the molecule is COc1cccc(OC)c1C(=O)NC(=S)Nc1ccc(N2CCN(C(=O)c3ccco3)CC2)c(S)c1. The molecule has 1 saturated heterocycles. The van der Waals surface area contributed by atoms with Gasteiger partial charge in [-0.15, -0.1) is 12.6 Å². The zero-order valence-electron chi connectivity index (χ0n) is 19.8. The van der Waals surface area contributed by atoms with E-state index in [1.165, 1.54) is 20.5 Å². The summed E-state index contributed by atoms with van der Waals surface area (Å²) < 4.78 is 15.8. The van der Waals surface area contributed by atoms with Crippen LogP contribution in [0.25, 0.3) is 0 Å². The van der Waals surface area contributed by atoms with Crippen LogP contribution in [-0.4, -0.2) is 62.2 Å². The lowest BCUT2D eigenvalue weighted by Crippen LogP contribution is -2.48. The molecule has 1 aliphatic heterocycles. The average molecular weight is 527 g/mol. The third-order valence-electron chi connectivity index (χ3n) is 5.75. The van der Waals surface area contributed by atoms with Gasteiger partial charge >= 0.3 is 0 Å². The lowest BCUT2D eigenvalue weighted by molar-refractivity contribution is 0.0714. The molecule has 0 unspecified atom stereocenters. The number of piperazine rings is 1. The number of carbonyl (C=O) groups is 2. The Morgan fingerprint density at radius 1 is 1.00 bits per heavy atom. The number of hydrogen-bond acceptors (Lipinski definition) is 8. The number of rotatable bonds is 6. The van der Waals surface area contributed by atoms with Gasteiger partial charge in [-0.05, 0) is 54.7 Å². The zero-order chi connectivity index (χ0) is 25.7. The molecule has 2 heterocycles. The van der Waals surface area contributed by atoms with Crippen molar-refractivity contribution >= 4 is 53.1 Å². The van der Waals surface area contributed by atoms with Crippen LogP contribution in [0.1, 0.15) is 20.9 Å². The summed E-state index contributed by atoms with van der Waals surface area (Å²) >= 11 is 9.99. The third kappa shape index (κ3) is 5.58. The van der Waals surface area contributed by atoms with Crippen molar-refractivity contribution in [3.8, 4) is 11.5 Å². The zero-order valence-corrected chi connectivity index (χ0v) is 21.5. The van der Waals surface area contributed by atoms with Gasteiger partial charge in [-0.1, -0.05) is 6.07 Å². The number of thiocarbonyl (C=S) groups is 1. The molecule has 0 spiro atoms. The van der Waals surface area contributed by atoms with Crippen LogP contribution in [0, 0.1) is 0 Å². The molecule has 1 fully saturated rings. The van der Waals surface area contributed by atoms with Crippen molar-refractivity contribution < 1.29 is 23.5 Å². The van der Waals surface area contributed by atoms with Gasteiger partial charge in [0.2, 0.25) is 0 Å². The second kappa shape index (κ2) is 11.4. The van der Waals surface area contributed by atoms with Crippen molar-refractivity contribution in [2.24, 2.45) is 0 Å². The minimum absolute atomic E-state index is 0.105. The van der Waals surface area contributed by atoms with Gasteiger partial charge < -0.3 is 29.0 Å². The van der Waals surface area contributed by atoms with Crippen LogP contribution in [0.4, 0.5) is 11.4 Å². The fourth-order valence-corrected chi connectivity index (χ4v) is 4.54. The summed E-state index contributed by atoms with van der Waals surface area (Å²) in [7, 11) is 2.96. The first kappa shape index (κ1) is 25.4. The van der Waals surface area contributed by atoms with Gasteiger partial charge in [-0.2, -0.15) is 0 Å². The minimum atomic E-state index is -0.452. The molecule has 1 aliphatic rings. The van der Waals surface area contributed by atoms with E-state index in [4.69, 9.17) is 26.1 Å². The molecule has 2 aromatic carbocycles. The number of furan rings is 1. The van der Waals surface area contributed by atoms with Crippen molar-refractivity contribution in [1.29, 1.82) is 0 Å². The number of amides is 2. The van der Waals surface area contributed by atoms with Gasteiger partial charge in [0.05, 0.1) is 26.2 Å². The van der Waals surface area contributed by atoms with E-state index in [0.717, 1.165) is 10.6 Å². The van der Waals surface area contributed by atoms with E-state index in [-0.39, 0.29) is 16.6 Å². The summed E-state index contributed by atoms with van der Waals surface area (Å²) in [5, 5.41) is 5.80. The molecule has 188 valence electrons. The average Bonchev–Trinajstić information content (AvgIpc) is 3.43. The number of carbonyl (C=O) groups excluding carboxylic acids is 2. The predicted octanol–water partition coefficient (Wildman–Crippen LogP) is 3.67. The number of hydrogen-bond donors (Lipinski definition) is 3. The van der Waals surface area contributed by atoms with E-state index in [1.54, 1.807) is 35.2 Å². The highest BCUT2D eigenvalue weighted by Crippen LogP contribution is 2.30. The smallest absolute Gasteiger partial charge is 0.289 e. The highest BCUT2D eigenvalue weighted by Gasteiger charge is 2.25. The Morgan fingerprint density at radius 3 is 2.28 bits per heavy atom. The van der Waals surface area contributed by atoms with Crippen LogP contribution < -0.4 is 25.0 Å². The highest BCUT2D eigenvalue weighted by molar-refractivity contribution is 7.80. The van der Waals surface area contributed by atoms with Gasteiger partial charge in [0, 0.05) is 36.8 Å². The number of nitrogens with one attached hydrogen (secondary N) is 2. The summed E-state index contributed by atoms with van der Waals surface area (Å²) in [6.45, 7) is 2.49. The van der Waals surface area contributed by atoms with Crippen LogP contribution in [-0.2, 0) is 0 Å². The number of thiol groups is 1. The van der Waals surface area contributed by atoms with E-state index >= 15 is 0 Å². The van der Waals surface area contributed by atoms with Crippen LogP contribution in [0.3, 0.4) is 0 Å². The fraction of sp³-hybridized carbons (Fsp3) is 0.240. The van der Waals surface area contributed by atoms with Crippen molar-refractivity contribution in [2.45, 2.75) is 4.90 Å². The minimum Gasteiger partial charge on any atom is -0.496 e. The first-order valence-electron chi connectivity index (χ1n) is 11.2. The molecule has 0 atom stereocenters. The molecular weight excluding hydrogens is 500 g/mol. The first-order chi connectivity index (χ1) is 17.4. The number of ether oxygens (including phenoxy) is 2. The van der Waals surface area contributed by atoms with Gasteiger partial charge in [-0.25, -0.2) is 0 Å². The van der Waals surface area contributed by atoms with Crippen molar-refractivity contribution in [3.63, 3.8) is 0 Å². The Kier molecular flexibility index (Phi) is 8.01. The third-order valence-corrected chi connectivity index (χ3v) is 6.32. The van der Waals surface area contributed by atoms with E-state index in [9.17, 15) is 9.59 Å². The Bertz CT molecular complexity index is 1240. The van der Waals surface area contributed by atoms with Crippen molar-refractivity contribution in [1.82, 2.24) is 10.2 Å². The van der Waals surface area contributed by atoms with Crippen LogP contribution in [0.15, 0.2) is 64.1 Å². The molecule has 0 aliphatic carbocycles. The second-order valence-corrected chi connectivity index (χ2v) is 8.80. The topological polar surface area (TPSA) is 96.3 Å². The normalized spacial score (nSPS) is 13.2. The molecular formula is C25H26N4O5S2. The molecule has 2 N–H and O–H groups in total. The van der Waals surface area contributed by atoms with E-state index in [2.05, 4.69) is 28.2 Å². The second-order valence-electron chi connectivity index (χ2n) is 7.91. The van der Waals surface area contributed by atoms with Crippen LogP contribution in [0.5, 0.6) is 11.5 Å². The number of anilines is 2. The quantitative estimate of drug-likeness (QED) is 0.331. The largest absolute Gasteiger partial charge is 0.496 e. The van der Waals surface area contributed by atoms with Crippen molar-refractivity contribution in [2.75, 3.05) is 50.6 Å². The maximum absolute atomic E-state index is 12.8. The molecule has 1 aromatic heterocycles. The Balaban J connectivity index is 1.36. The standard InChI is InChI=1S/C25H26N4O5S2/c1-32-18-5-3-6-19(33-2)22(18)23(30)27-25(36)26-16-8-9-17(21(35)15-16)28-10-12-29(13-11-28)24(31)20-7-4-14-34-20/h3-9,14-15,35H,10-13H2,1-2H3,(H2,26,27,30,36). The molecule has 0 radical (unpaired) electrons. The monoisotopic (exact) mass is 526 g/mol. The highest BCUT2D eigenvalue weighted by atomic mass is 32.1. The molecule has 0 bridgehead atoms. The molecule has 3 aromatic rings. The number of nitrogens with zero attached hydrogens (tertiary/aromatic N) is 2. The van der Waals surface area contributed by atoms with Crippen molar-refractivity contribution in [3.05, 3.63) is 66.1 Å². The van der Waals surface area contributed by atoms with Gasteiger partial charge in [0.1, 0.15) is 17.1 Å². The van der Waals surface area contributed by atoms with E-state index < -0.39 is 5.91 Å². The predicted molar refractivity (Wildman–Crippen MR) is 144 cm³/mol. The number of methoxy groups -OCH3 is 2. The maximum Gasteiger partial charge on any atom is 0.289 e. The van der Waals surface area contributed by atoms with E-state index in [1.807, 2.05) is 18.2 Å². The summed E-state index contributed by atoms with van der Waals surface area (Å²) in [6, 6.07) is 14.1. The Morgan fingerprint density at radius 2 is 1.69 bits per heavy atom. The fourth-order valence-electron chi connectivity index (χ4n) is 3.98. The molecule has 2 amide bonds. The molecule has 11 heteroatoms. The Labute approximate surface area is 219 Å². The summed E-state index contributed by atoms with van der Waals surface area (Å²) in [4.78, 5) is 30.0. The Hall–Kier alpha value is -3.70. The maximum atomic E-state index is 12.8. The lowest BCUT2D eigenvalue weighted by atomic mass is 10.1. The molecule has 36 heavy (non-hydrogen) atoms.